The summed E-state index contributed by atoms with van der Waals surface area (Å²) in [6.07, 6.45) is 4.85. The highest BCUT2D eigenvalue weighted by atomic mass is 127. The van der Waals surface area contributed by atoms with E-state index < -0.39 is 7.26 Å². The predicted molar refractivity (Wildman–Crippen MR) is 120 cm³/mol. The van der Waals surface area contributed by atoms with E-state index in [2.05, 4.69) is 97.9 Å². The molecule has 3 aromatic rings. The number of hydrogen-bond donors (Lipinski definition) is 1. The van der Waals surface area contributed by atoms with Gasteiger partial charge in [0.2, 0.25) is 0 Å². The van der Waals surface area contributed by atoms with Crippen LogP contribution in [0.15, 0.2) is 91.0 Å². The van der Waals surface area contributed by atoms with Crippen molar-refractivity contribution in [2.24, 2.45) is 0 Å². The van der Waals surface area contributed by atoms with Crippen molar-refractivity contribution in [1.29, 1.82) is 0 Å². The van der Waals surface area contributed by atoms with Gasteiger partial charge < -0.3 is 29.1 Å². The van der Waals surface area contributed by atoms with Crippen molar-refractivity contribution in [2.75, 3.05) is 6.16 Å². The smallest absolute Gasteiger partial charge is 0.114 e. The summed E-state index contributed by atoms with van der Waals surface area (Å²) >= 11 is 0. The Kier molecular flexibility index (Phi) is 9.64. The molecule has 0 radical (unpaired) electrons. The predicted octanol–water partition coefficient (Wildman–Crippen LogP) is 1.93. The maximum absolute atomic E-state index is 11.0. The molecular weight excluding hydrogens is 474 g/mol. The van der Waals surface area contributed by atoms with Crippen LogP contribution in [0.4, 0.5) is 0 Å². The lowest BCUT2D eigenvalue weighted by Gasteiger charge is -2.29. The standard InChI is InChI=1S/C25H30OP.HI/c1-2-3-7-14-22(26)21-27(23-15-8-4-9-16-23,24-17-10-5-11-18-24)25-19-12-6-13-20-25;/h4-6,8-13,15-20,22,26H,2-3,7,14,21H2,1H3;1H/q+1;/p-1. The van der Waals surface area contributed by atoms with E-state index in [1.54, 1.807) is 0 Å². The van der Waals surface area contributed by atoms with Crippen LogP contribution in [0, 0.1) is 0 Å². The Morgan fingerprint density at radius 2 is 1.07 bits per heavy atom. The Balaban J connectivity index is 0.00000280. The first-order valence-electron chi connectivity index (χ1n) is 10.0. The van der Waals surface area contributed by atoms with Crippen LogP contribution < -0.4 is 39.9 Å². The number of hydrogen-bond acceptors (Lipinski definition) is 1. The van der Waals surface area contributed by atoms with Crippen LogP contribution >= 0.6 is 7.26 Å². The maximum atomic E-state index is 11.0. The van der Waals surface area contributed by atoms with Gasteiger partial charge in [0.15, 0.2) is 0 Å². The van der Waals surface area contributed by atoms with E-state index in [0.29, 0.717) is 0 Å². The minimum absolute atomic E-state index is 0. The molecule has 0 aliphatic carbocycles. The lowest BCUT2D eigenvalue weighted by atomic mass is 10.1. The van der Waals surface area contributed by atoms with Crippen molar-refractivity contribution in [1.82, 2.24) is 0 Å². The Hall–Kier alpha value is -1.22. The molecule has 0 aromatic heterocycles. The van der Waals surface area contributed by atoms with E-state index in [4.69, 9.17) is 0 Å². The zero-order valence-electron chi connectivity index (χ0n) is 16.5. The molecule has 1 nitrogen and oxygen atoms in total. The minimum Gasteiger partial charge on any atom is -1.00 e. The van der Waals surface area contributed by atoms with Crippen molar-refractivity contribution < 1.29 is 29.1 Å². The molecule has 0 saturated carbocycles. The van der Waals surface area contributed by atoms with Gasteiger partial charge in [0.05, 0.1) is 12.3 Å². The van der Waals surface area contributed by atoms with Gasteiger partial charge in [-0.3, -0.25) is 0 Å². The average Bonchev–Trinajstić information content (AvgIpc) is 2.74. The van der Waals surface area contributed by atoms with Crippen molar-refractivity contribution in [3.05, 3.63) is 91.0 Å². The second-order valence-corrected chi connectivity index (χ2v) is 10.7. The fourth-order valence-electron chi connectivity index (χ4n) is 3.85. The van der Waals surface area contributed by atoms with Gasteiger partial charge in [0, 0.05) is 0 Å². The van der Waals surface area contributed by atoms with Crippen LogP contribution in [-0.4, -0.2) is 17.4 Å². The Bertz CT molecular complexity index is 696. The summed E-state index contributed by atoms with van der Waals surface area (Å²) in [6.45, 7) is 2.21. The molecule has 1 unspecified atom stereocenters. The van der Waals surface area contributed by atoms with Crippen LogP contribution in [0.1, 0.15) is 32.6 Å². The fraction of sp³-hybridized carbons (Fsp3) is 0.280. The number of benzene rings is 3. The molecule has 1 atom stereocenters. The van der Waals surface area contributed by atoms with Gasteiger partial charge in [-0.2, -0.15) is 0 Å². The van der Waals surface area contributed by atoms with Crippen LogP contribution in [0.2, 0.25) is 0 Å². The highest BCUT2D eigenvalue weighted by molar-refractivity contribution is 7.95. The van der Waals surface area contributed by atoms with Gasteiger partial charge in [-0.05, 0) is 42.8 Å². The van der Waals surface area contributed by atoms with Gasteiger partial charge >= 0.3 is 0 Å². The lowest BCUT2D eigenvalue weighted by Crippen LogP contribution is -3.00. The normalized spacial score (nSPS) is 12.2. The minimum atomic E-state index is -1.91. The molecule has 0 heterocycles. The Morgan fingerprint density at radius 1 is 0.679 bits per heavy atom. The highest BCUT2D eigenvalue weighted by Crippen LogP contribution is 2.56. The third kappa shape index (κ3) is 5.43. The molecule has 0 bridgehead atoms. The third-order valence-electron chi connectivity index (χ3n) is 5.22. The number of rotatable bonds is 9. The molecule has 0 amide bonds. The van der Waals surface area contributed by atoms with E-state index in [-0.39, 0.29) is 30.1 Å². The second kappa shape index (κ2) is 11.7. The summed E-state index contributed by atoms with van der Waals surface area (Å²) in [5.41, 5.74) is 0. The topological polar surface area (TPSA) is 20.2 Å². The van der Waals surface area contributed by atoms with Gasteiger partial charge in [0.25, 0.3) is 0 Å². The van der Waals surface area contributed by atoms with Crippen LogP contribution in [0.25, 0.3) is 0 Å². The zero-order chi connectivity index (χ0) is 19.0. The Morgan fingerprint density at radius 3 is 1.43 bits per heavy atom. The van der Waals surface area contributed by atoms with E-state index in [1.165, 1.54) is 28.8 Å². The van der Waals surface area contributed by atoms with Gasteiger partial charge in [-0.25, -0.2) is 0 Å². The van der Waals surface area contributed by atoms with Gasteiger partial charge in [0.1, 0.15) is 23.2 Å². The molecule has 148 valence electrons. The molecule has 0 spiro atoms. The van der Waals surface area contributed by atoms with E-state index in [1.807, 2.05) is 0 Å². The summed E-state index contributed by atoms with van der Waals surface area (Å²) < 4.78 is 0. The zero-order valence-corrected chi connectivity index (χ0v) is 19.6. The molecule has 0 saturated heterocycles. The first kappa shape index (κ1) is 23.1. The molecule has 28 heavy (non-hydrogen) atoms. The third-order valence-corrected chi connectivity index (χ3v) is 9.72. The van der Waals surface area contributed by atoms with Crippen LogP contribution in [0.3, 0.4) is 0 Å². The Labute approximate surface area is 187 Å². The van der Waals surface area contributed by atoms with Crippen molar-refractivity contribution in [3.63, 3.8) is 0 Å². The molecule has 0 fully saturated rings. The van der Waals surface area contributed by atoms with Crippen molar-refractivity contribution in [2.45, 2.75) is 38.7 Å². The highest BCUT2D eigenvalue weighted by Gasteiger charge is 2.46. The van der Waals surface area contributed by atoms with Gasteiger partial charge in [-0.15, -0.1) is 0 Å². The number of unbranched alkanes of at least 4 members (excludes halogenated alkanes) is 2. The SMILES string of the molecule is CCCCCC(O)C[P+](c1ccccc1)(c1ccccc1)c1ccccc1.[I-]. The number of halogens is 1. The molecule has 3 heteroatoms. The number of aliphatic hydroxyl groups is 1. The largest absolute Gasteiger partial charge is 1.00 e. The van der Waals surface area contributed by atoms with E-state index in [9.17, 15) is 5.11 Å². The summed E-state index contributed by atoms with van der Waals surface area (Å²) in [4.78, 5) is 0. The van der Waals surface area contributed by atoms with Crippen molar-refractivity contribution >= 4 is 23.2 Å². The monoisotopic (exact) mass is 504 g/mol. The first-order valence-corrected chi connectivity index (χ1v) is 12.0. The molecule has 0 aliphatic heterocycles. The maximum Gasteiger partial charge on any atom is 0.114 e. The summed E-state index contributed by atoms with van der Waals surface area (Å²) in [7, 11) is -1.91. The van der Waals surface area contributed by atoms with E-state index >= 15 is 0 Å². The number of aliphatic hydroxyl groups excluding tert-OH is 1. The van der Waals surface area contributed by atoms with Crippen LogP contribution in [-0.2, 0) is 0 Å². The van der Waals surface area contributed by atoms with Gasteiger partial charge in [-0.1, -0.05) is 80.8 Å². The molecule has 0 aliphatic rings. The van der Waals surface area contributed by atoms with Crippen molar-refractivity contribution in [3.8, 4) is 0 Å². The molecule has 1 N–H and O–H groups in total. The molecule has 3 rings (SSSR count). The summed E-state index contributed by atoms with van der Waals surface area (Å²) in [5.74, 6) is 0. The fourth-order valence-corrected chi connectivity index (χ4v) is 8.23. The molecule has 3 aromatic carbocycles. The summed E-state index contributed by atoms with van der Waals surface area (Å²) in [6, 6.07) is 32.4. The van der Waals surface area contributed by atoms with Crippen LogP contribution in [0.5, 0.6) is 0 Å². The first-order chi connectivity index (χ1) is 13.3. The lowest BCUT2D eigenvalue weighted by molar-refractivity contribution is -0.00000763. The van der Waals surface area contributed by atoms with E-state index in [0.717, 1.165) is 19.0 Å². The quantitative estimate of drug-likeness (QED) is 0.269. The molecular formula is C25H30IOP. The average molecular weight is 504 g/mol. The second-order valence-electron chi connectivity index (χ2n) is 7.15. The summed E-state index contributed by atoms with van der Waals surface area (Å²) in [5, 5.41) is 15.1.